The average Bonchev–Trinajstić information content (AvgIpc) is 2.89. The van der Waals surface area contributed by atoms with E-state index in [0.717, 1.165) is 5.56 Å². The molecule has 0 fully saturated rings. The van der Waals surface area contributed by atoms with E-state index in [9.17, 15) is 14.9 Å². The lowest BCUT2D eigenvalue weighted by Crippen LogP contribution is -2.02. The summed E-state index contributed by atoms with van der Waals surface area (Å²) in [5.74, 6) is -0.0521. The summed E-state index contributed by atoms with van der Waals surface area (Å²) in [5.41, 5.74) is 0.782. The van der Waals surface area contributed by atoms with Gasteiger partial charge < -0.3 is 9.15 Å². The second kappa shape index (κ2) is 5.34. The van der Waals surface area contributed by atoms with Crippen molar-refractivity contribution in [1.29, 1.82) is 0 Å². The molecular formula is C13H11NO5. The van der Waals surface area contributed by atoms with E-state index in [2.05, 4.69) is 0 Å². The van der Waals surface area contributed by atoms with Gasteiger partial charge in [-0.05, 0) is 23.8 Å². The molecule has 2 aromatic rings. The number of benzene rings is 1. The van der Waals surface area contributed by atoms with Crippen LogP contribution in [0.1, 0.15) is 16.1 Å². The topological polar surface area (TPSA) is 82.6 Å². The monoisotopic (exact) mass is 261 g/mol. The summed E-state index contributed by atoms with van der Waals surface area (Å²) in [4.78, 5) is 21.6. The molecule has 0 amide bonds. The molecular weight excluding hydrogens is 250 g/mol. The highest BCUT2D eigenvalue weighted by molar-refractivity contribution is 5.95. The number of hydrogen-bond donors (Lipinski definition) is 0. The predicted molar refractivity (Wildman–Crippen MR) is 66.4 cm³/mol. The van der Waals surface area contributed by atoms with Gasteiger partial charge in [-0.25, -0.2) is 0 Å². The Morgan fingerprint density at radius 2 is 1.95 bits per heavy atom. The molecule has 0 spiro atoms. The van der Waals surface area contributed by atoms with Crippen LogP contribution in [0.2, 0.25) is 0 Å². The maximum absolute atomic E-state index is 11.9. The molecule has 0 unspecified atom stereocenters. The molecule has 1 heterocycles. The van der Waals surface area contributed by atoms with Crippen LogP contribution in [0.25, 0.3) is 0 Å². The largest absolute Gasteiger partial charge is 0.497 e. The van der Waals surface area contributed by atoms with Crippen molar-refractivity contribution < 1.29 is 18.9 Å². The van der Waals surface area contributed by atoms with Crippen molar-refractivity contribution in [3.63, 3.8) is 0 Å². The Kier molecular flexibility index (Phi) is 3.61. The molecule has 0 aliphatic carbocycles. The van der Waals surface area contributed by atoms with Crippen molar-refractivity contribution in [3.8, 4) is 5.75 Å². The molecule has 0 saturated heterocycles. The predicted octanol–water partition coefficient (Wildman–Crippen LogP) is 2.62. The van der Waals surface area contributed by atoms with Crippen LogP contribution in [-0.2, 0) is 6.42 Å². The van der Waals surface area contributed by atoms with Crippen LogP contribution in [0.4, 0.5) is 5.88 Å². The second-order valence-electron chi connectivity index (χ2n) is 3.84. The number of hydrogen-bond acceptors (Lipinski definition) is 5. The Morgan fingerprint density at radius 3 is 2.47 bits per heavy atom. The molecule has 0 N–H and O–H groups in total. The normalized spacial score (nSPS) is 10.2. The lowest BCUT2D eigenvalue weighted by molar-refractivity contribution is -0.402. The number of nitro groups is 1. The third-order valence-corrected chi connectivity index (χ3v) is 2.57. The highest BCUT2D eigenvalue weighted by Gasteiger charge is 2.17. The molecule has 0 atom stereocenters. The van der Waals surface area contributed by atoms with Crippen molar-refractivity contribution in [2.75, 3.05) is 7.11 Å². The van der Waals surface area contributed by atoms with E-state index in [1.807, 2.05) is 0 Å². The maximum atomic E-state index is 11.9. The highest BCUT2D eigenvalue weighted by Crippen LogP contribution is 2.18. The Morgan fingerprint density at radius 1 is 1.26 bits per heavy atom. The number of nitrogens with zero attached hydrogens (tertiary/aromatic N) is 1. The van der Waals surface area contributed by atoms with E-state index in [0.29, 0.717) is 5.75 Å². The fourth-order valence-corrected chi connectivity index (χ4v) is 1.59. The Bertz CT molecular complexity index is 600. The Balaban J connectivity index is 2.08. The molecule has 2 rings (SSSR count). The van der Waals surface area contributed by atoms with Gasteiger partial charge in [0.05, 0.1) is 13.2 Å². The molecule has 1 aromatic heterocycles. The minimum Gasteiger partial charge on any atom is -0.497 e. The molecule has 0 radical (unpaired) electrons. The van der Waals surface area contributed by atoms with Crippen LogP contribution in [0, 0.1) is 10.1 Å². The van der Waals surface area contributed by atoms with Crippen molar-refractivity contribution in [2.24, 2.45) is 0 Å². The number of Topliss-reactive ketones (excluding diaryl/α,β-unsaturated/α-hetero) is 1. The number of furan rings is 1. The summed E-state index contributed by atoms with van der Waals surface area (Å²) in [5, 5.41) is 10.5. The van der Waals surface area contributed by atoms with Gasteiger partial charge in [-0.3, -0.25) is 14.9 Å². The molecule has 0 saturated carbocycles. The van der Waals surface area contributed by atoms with Crippen molar-refractivity contribution in [2.45, 2.75) is 6.42 Å². The number of methoxy groups -OCH3 is 1. The van der Waals surface area contributed by atoms with Gasteiger partial charge in [0.15, 0.2) is 5.76 Å². The summed E-state index contributed by atoms with van der Waals surface area (Å²) in [7, 11) is 1.56. The first-order chi connectivity index (χ1) is 9.10. The standard InChI is InChI=1S/C13H11NO5/c1-18-10-4-2-9(3-5-10)8-11(15)12-6-7-13(19-12)14(16)17/h2-7H,8H2,1H3. The van der Waals surface area contributed by atoms with Crippen molar-refractivity contribution in [1.82, 2.24) is 0 Å². The van der Waals surface area contributed by atoms with Gasteiger partial charge in [-0.2, -0.15) is 0 Å². The fourth-order valence-electron chi connectivity index (χ4n) is 1.59. The van der Waals surface area contributed by atoms with Crippen molar-refractivity contribution in [3.05, 3.63) is 57.8 Å². The van der Waals surface area contributed by atoms with Gasteiger partial charge in [0.25, 0.3) is 0 Å². The van der Waals surface area contributed by atoms with E-state index in [1.165, 1.54) is 12.1 Å². The zero-order chi connectivity index (χ0) is 13.8. The maximum Gasteiger partial charge on any atom is 0.433 e. The molecule has 98 valence electrons. The molecule has 0 aliphatic rings. The van der Waals surface area contributed by atoms with Gasteiger partial charge in [0, 0.05) is 6.42 Å². The summed E-state index contributed by atoms with van der Waals surface area (Å²) in [6.45, 7) is 0. The minimum absolute atomic E-state index is 0.0116. The second-order valence-corrected chi connectivity index (χ2v) is 3.84. The highest BCUT2D eigenvalue weighted by atomic mass is 16.6. The number of ether oxygens (including phenoxy) is 1. The van der Waals surface area contributed by atoms with Gasteiger partial charge in [-0.15, -0.1) is 0 Å². The number of rotatable bonds is 5. The number of carbonyl (C=O) groups excluding carboxylic acids is 1. The van der Waals surface area contributed by atoms with Crippen LogP contribution >= 0.6 is 0 Å². The van der Waals surface area contributed by atoms with Crippen LogP contribution in [0.15, 0.2) is 40.8 Å². The van der Waals surface area contributed by atoms with E-state index in [-0.39, 0.29) is 18.0 Å². The van der Waals surface area contributed by atoms with Crippen LogP contribution < -0.4 is 4.74 Å². The summed E-state index contributed by atoms with van der Waals surface area (Å²) in [6.07, 6.45) is 0.120. The zero-order valence-electron chi connectivity index (χ0n) is 10.2. The minimum atomic E-state index is -0.676. The first kappa shape index (κ1) is 12.8. The van der Waals surface area contributed by atoms with Crippen LogP contribution in [-0.4, -0.2) is 17.8 Å². The molecule has 19 heavy (non-hydrogen) atoms. The average molecular weight is 261 g/mol. The number of ketones is 1. The van der Waals surface area contributed by atoms with Gasteiger partial charge in [0.2, 0.25) is 5.78 Å². The lowest BCUT2D eigenvalue weighted by atomic mass is 10.1. The third kappa shape index (κ3) is 2.98. The van der Waals surface area contributed by atoms with Gasteiger partial charge in [-0.1, -0.05) is 12.1 Å². The quantitative estimate of drug-likeness (QED) is 0.469. The van der Waals surface area contributed by atoms with Crippen molar-refractivity contribution >= 4 is 11.7 Å². The lowest BCUT2D eigenvalue weighted by Gasteiger charge is -2.01. The Labute approximate surface area is 108 Å². The molecule has 6 heteroatoms. The smallest absolute Gasteiger partial charge is 0.433 e. The molecule has 1 aromatic carbocycles. The molecule has 0 bridgehead atoms. The molecule has 6 nitrogen and oxygen atoms in total. The summed E-state index contributed by atoms with van der Waals surface area (Å²) >= 11 is 0. The number of carbonyl (C=O) groups is 1. The molecule has 0 aliphatic heterocycles. The Hall–Kier alpha value is -2.63. The van der Waals surface area contributed by atoms with Crippen LogP contribution in [0.5, 0.6) is 5.75 Å². The van der Waals surface area contributed by atoms with E-state index in [1.54, 1.807) is 31.4 Å². The van der Waals surface area contributed by atoms with Crippen LogP contribution in [0.3, 0.4) is 0 Å². The van der Waals surface area contributed by atoms with E-state index < -0.39 is 10.8 Å². The third-order valence-electron chi connectivity index (χ3n) is 2.57. The first-order valence-electron chi connectivity index (χ1n) is 5.50. The summed E-state index contributed by atoms with van der Waals surface area (Å²) < 4.78 is 9.86. The van der Waals surface area contributed by atoms with E-state index in [4.69, 9.17) is 9.15 Å². The fraction of sp³-hybridized carbons (Fsp3) is 0.154. The van der Waals surface area contributed by atoms with E-state index >= 15 is 0 Å². The van der Waals surface area contributed by atoms with Gasteiger partial charge in [0.1, 0.15) is 10.7 Å². The zero-order valence-corrected chi connectivity index (χ0v) is 10.2. The first-order valence-corrected chi connectivity index (χ1v) is 5.50. The summed E-state index contributed by atoms with van der Waals surface area (Å²) in [6, 6.07) is 9.48. The van der Waals surface area contributed by atoms with Gasteiger partial charge >= 0.3 is 5.88 Å². The SMILES string of the molecule is COc1ccc(CC(=O)c2ccc([N+](=O)[O-])o2)cc1.